The zero-order chi connectivity index (χ0) is 22.8. The van der Waals surface area contributed by atoms with E-state index < -0.39 is 43.9 Å². The van der Waals surface area contributed by atoms with E-state index in [0.717, 1.165) is 37.8 Å². The first-order chi connectivity index (χ1) is 14.5. The Hall–Kier alpha value is -2.33. The van der Waals surface area contributed by atoms with Crippen LogP contribution in [-0.2, 0) is 16.2 Å². The molecule has 0 radical (unpaired) electrons. The van der Waals surface area contributed by atoms with Gasteiger partial charge in [0.2, 0.25) is 0 Å². The molecule has 3 rings (SSSR count). The topological polar surface area (TPSA) is 72.5 Å². The number of hydrogen-bond acceptors (Lipinski definition) is 4. The highest BCUT2D eigenvalue weighted by Crippen LogP contribution is 2.32. The lowest BCUT2D eigenvalue weighted by Crippen LogP contribution is -2.31. The summed E-state index contributed by atoms with van der Waals surface area (Å²) in [4.78, 5) is 11.7. The Morgan fingerprint density at radius 1 is 1.13 bits per heavy atom. The number of benzene rings is 2. The summed E-state index contributed by atoms with van der Waals surface area (Å²) in [6.45, 7) is 0.354. The molecular formula is C20H18ClF4NO4S. The number of carbonyl (C=O) groups excluding carboxylic acids is 1. The van der Waals surface area contributed by atoms with Gasteiger partial charge in [0.1, 0.15) is 11.6 Å². The fourth-order valence-corrected chi connectivity index (χ4v) is 4.44. The fourth-order valence-electron chi connectivity index (χ4n) is 3.26. The maximum Gasteiger partial charge on any atom is 0.416 e. The van der Waals surface area contributed by atoms with Crippen LogP contribution in [0.4, 0.5) is 17.6 Å². The van der Waals surface area contributed by atoms with Crippen LogP contribution in [0.5, 0.6) is 5.75 Å². The van der Waals surface area contributed by atoms with Gasteiger partial charge < -0.3 is 4.74 Å². The number of nitrogens with one attached hydrogen (secondary N) is 1. The van der Waals surface area contributed by atoms with Gasteiger partial charge in [-0.05, 0) is 49.1 Å². The molecule has 5 nitrogen and oxygen atoms in total. The summed E-state index contributed by atoms with van der Waals surface area (Å²) in [7, 11) is -4.54. The highest BCUT2D eigenvalue weighted by atomic mass is 35.5. The van der Waals surface area contributed by atoms with Gasteiger partial charge in [-0.15, -0.1) is 0 Å². The number of amides is 1. The van der Waals surface area contributed by atoms with E-state index in [1.165, 1.54) is 0 Å². The van der Waals surface area contributed by atoms with Gasteiger partial charge in [-0.1, -0.05) is 24.4 Å². The zero-order valence-corrected chi connectivity index (χ0v) is 17.6. The Labute approximate surface area is 181 Å². The lowest BCUT2D eigenvalue weighted by molar-refractivity contribution is -0.137. The third-order valence-corrected chi connectivity index (χ3v) is 6.58. The quantitative estimate of drug-likeness (QED) is 0.579. The van der Waals surface area contributed by atoms with Gasteiger partial charge in [0.15, 0.2) is 0 Å². The lowest BCUT2D eigenvalue weighted by Gasteiger charge is -2.14. The van der Waals surface area contributed by atoms with E-state index in [-0.39, 0.29) is 10.8 Å². The molecule has 0 spiro atoms. The molecule has 1 aliphatic carbocycles. The Morgan fingerprint density at radius 2 is 1.74 bits per heavy atom. The number of ether oxygens (including phenoxy) is 1. The maximum atomic E-state index is 14.4. The molecule has 0 atom stereocenters. The zero-order valence-electron chi connectivity index (χ0n) is 16.0. The highest BCUT2D eigenvalue weighted by Gasteiger charge is 2.31. The predicted octanol–water partition coefficient (Wildman–Crippen LogP) is 5.19. The average Bonchev–Trinajstić information content (AvgIpc) is 3.21. The number of rotatable bonds is 6. The first-order valence-corrected chi connectivity index (χ1v) is 11.2. The van der Waals surface area contributed by atoms with Gasteiger partial charge in [0.05, 0.1) is 27.7 Å². The molecule has 1 N–H and O–H groups in total. The number of halogens is 5. The van der Waals surface area contributed by atoms with Crippen molar-refractivity contribution in [3.05, 3.63) is 58.4 Å². The fraction of sp³-hybridized carbons (Fsp3) is 0.350. The maximum absolute atomic E-state index is 14.4. The standard InChI is InChI=1S/C20H18ClF4NO4S/c21-16-9-15(17(22)10-18(16)30-11-12-3-1-2-4-12)19(27)26-31(28,29)14-7-5-13(6-8-14)20(23,24)25/h5-10,12H,1-4,11H2,(H,26,27). The van der Waals surface area contributed by atoms with Crippen molar-refractivity contribution in [3.8, 4) is 5.75 Å². The molecule has 0 bridgehead atoms. The van der Waals surface area contributed by atoms with Crippen molar-refractivity contribution >= 4 is 27.5 Å². The summed E-state index contributed by atoms with van der Waals surface area (Å²) in [6.07, 6.45) is -0.441. The molecule has 0 saturated heterocycles. The summed E-state index contributed by atoms with van der Waals surface area (Å²) in [6, 6.07) is 4.36. The third-order valence-electron chi connectivity index (χ3n) is 4.93. The van der Waals surface area contributed by atoms with Crippen LogP contribution in [-0.4, -0.2) is 20.9 Å². The number of hydrogen-bond donors (Lipinski definition) is 1. The number of sulfonamides is 1. The van der Waals surface area contributed by atoms with Crippen molar-refractivity contribution in [1.29, 1.82) is 0 Å². The van der Waals surface area contributed by atoms with Crippen LogP contribution in [0.15, 0.2) is 41.3 Å². The highest BCUT2D eigenvalue weighted by molar-refractivity contribution is 7.90. The molecule has 1 saturated carbocycles. The molecular weight excluding hydrogens is 462 g/mol. The number of carbonyl (C=O) groups is 1. The molecule has 168 valence electrons. The van der Waals surface area contributed by atoms with Crippen molar-refractivity contribution in [3.63, 3.8) is 0 Å². The van der Waals surface area contributed by atoms with Crippen LogP contribution >= 0.6 is 11.6 Å². The van der Waals surface area contributed by atoms with E-state index in [2.05, 4.69) is 0 Å². The van der Waals surface area contributed by atoms with Crippen LogP contribution < -0.4 is 9.46 Å². The van der Waals surface area contributed by atoms with E-state index in [4.69, 9.17) is 16.3 Å². The van der Waals surface area contributed by atoms with Gasteiger partial charge in [-0.25, -0.2) is 17.5 Å². The minimum absolute atomic E-state index is 0.0354. The van der Waals surface area contributed by atoms with Crippen LogP contribution in [0.25, 0.3) is 0 Å². The minimum Gasteiger partial charge on any atom is -0.492 e. The summed E-state index contributed by atoms with van der Waals surface area (Å²) in [5.74, 6) is -1.99. The van der Waals surface area contributed by atoms with Gasteiger partial charge in [-0.2, -0.15) is 13.2 Å². The predicted molar refractivity (Wildman–Crippen MR) is 105 cm³/mol. The molecule has 2 aromatic rings. The van der Waals surface area contributed by atoms with Gasteiger partial charge in [-0.3, -0.25) is 4.79 Å². The normalized spacial score (nSPS) is 15.1. The van der Waals surface area contributed by atoms with Gasteiger partial charge in [0, 0.05) is 6.07 Å². The van der Waals surface area contributed by atoms with E-state index in [1.807, 2.05) is 0 Å². The van der Waals surface area contributed by atoms with E-state index in [1.54, 1.807) is 4.72 Å². The average molecular weight is 480 g/mol. The second kappa shape index (κ2) is 9.04. The molecule has 1 fully saturated rings. The van der Waals surface area contributed by atoms with E-state index in [0.29, 0.717) is 36.8 Å². The smallest absolute Gasteiger partial charge is 0.416 e. The van der Waals surface area contributed by atoms with E-state index in [9.17, 15) is 30.8 Å². The summed E-state index contributed by atoms with van der Waals surface area (Å²) in [5.41, 5.74) is -1.70. The lowest BCUT2D eigenvalue weighted by atomic mass is 10.1. The molecule has 2 aromatic carbocycles. The van der Waals surface area contributed by atoms with Gasteiger partial charge in [0.25, 0.3) is 15.9 Å². The van der Waals surface area contributed by atoms with Crippen molar-refractivity contribution < 1.29 is 35.5 Å². The molecule has 31 heavy (non-hydrogen) atoms. The van der Waals surface area contributed by atoms with Crippen LogP contribution in [0.2, 0.25) is 5.02 Å². The first kappa shape index (κ1) is 23.3. The molecule has 0 heterocycles. The summed E-state index contributed by atoms with van der Waals surface area (Å²) >= 11 is 6.05. The molecule has 0 unspecified atom stereocenters. The number of alkyl halides is 3. The summed E-state index contributed by atoms with van der Waals surface area (Å²) < 4.78 is 84.0. The molecule has 0 aliphatic heterocycles. The second-order valence-electron chi connectivity index (χ2n) is 7.18. The largest absolute Gasteiger partial charge is 0.492 e. The molecule has 1 amide bonds. The third kappa shape index (κ3) is 5.68. The minimum atomic E-state index is -4.65. The van der Waals surface area contributed by atoms with Crippen LogP contribution in [0.1, 0.15) is 41.6 Å². The van der Waals surface area contributed by atoms with Crippen LogP contribution in [0.3, 0.4) is 0 Å². The van der Waals surface area contributed by atoms with Crippen molar-refractivity contribution in [2.75, 3.05) is 6.61 Å². The van der Waals surface area contributed by atoms with Crippen molar-refractivity contribution in [2.24, 2.45) is 5.92 Å². The molecule has 1 aliphatic rings. The Bertz CT molecular complexity index is 1070. The Kier molecular flexibility index (Phi) is 6.80. The Balaban J connectivity index is 1.73. The molecule has 11 heteroatoms. The Morgan fingerprint density at radius 3 is 2.32 bits per heavy atom. The van der Waals surface area contributed by atoms with E-state index >= 15 is 0 Å². The molecule has 0 aromatic heterocycles. The van der Waals surface area contributed by atoms with Crippen molar-refractivity contribution in [1.82, 2.24) is 4.72 Å². The monoisotopic (exact) mass is 479 g/mol. The van der Waals surface area contributed by atoms with Crippen molar-refractivity contribution in [2.45, 2.75) is 36.8 Å². The SMILES string of the molecule is O=C(NS(=O)(=O)c1ccc(C(F)(F)F)cc1)c1cc(Cl)c(OCC2CCCC2)cc1F. The first-order valence-electron chi connectivity index (χ1n) is 9.33. The second-order valence-corrected chi connectivity index (χ2v) is 9.27. The van der Waals surface area contributed by atoms with Crippen LogP contribution in [0, 0.1) is 11.7 Å². The van der Waals surface area contributed by atoms with Gasteiger partial charge >= 0.3 is 6.18 Å². The summed E-state index contributed by atoms with van der Waals surface area (Å²) in [5, 5.41) is -0.0727.